The zero-order valence-electron chi connectivity index (χ0n) is 7.42. The Morgan fingerprint density at radius 2 is 1.92 bits per heavy atom. The molecule has 0 saturated carbocycles. The molecule has 6 nitrogen and oxygen atoms in total. The number of ether oxygens (including phenoxy) is 1. The molecule has 5 atom stereocenters. The molecule has 1 fully saturated rings. The SMILES string of the molecule is C[C@@]1(O)O[C@H](CN)[C@@H](O)[C@H](O)[C@H]1N. The third-order valence-corrected chi connectivity index (χ3v) is 2.34. The number of aliphatic hydroxyl groups is 3. The van der Waals surface area contributed by atoms with E-state index in [-0.39, 0.29) is 6.54 Å². The van der Waals surface area contributed by atoms with E-state index in [0.29, 0.717) is 0 Å². The second-order valence-corrected chi connectivity index (χ2v) is 3.45. The third-order valence-electron chi connectivity index (χ3n) is 2.34. The van der Waals surface area contributed by atoms with Crippen LogP contribution in [0, 0.1) is 0 Å². The van der Waals surface area contributed by atoms with Crippen LogP contribution in [-0.4, -0.2) is 52.0 Å². The van der Waals surface area contributed by atoms with E-state index in [2.05, 4.69) is 0 Å². The fourth-order valence-corrected chi connectivity index (χ4v) is 1.39. The first-order valence-corrected chi connectivity index (χ1v) is 4.12. The molecule has 1 aliphatic heterocycles. The third kappa shape index (κ3) is 1.83. The Morgan fingerprint density at radius 1 is 1.38 bits per heavy atom. The Labute approximate surface area is 76.1 Å². The zero-order chi connectivity index (χ0) is 10.2. The molecule has 0 aromatic carbocycles. The minimum atomic E-state index is -1.65. The van der Waals surface area contributed by atoms with Crippen LogP contribution in [0.15, 0.2) is 0 Å². The minimum absolute atomic E-state index is 0.0150. The van der Waals surface area contributed by atoms with Crippen molar-refractivity contribution in [3.05, 3.63) is 0 Å². The quantitative estimate of drug-likeness (QED) is 0.304. The Bertz CT molecular complexity index is 185. The van der Waals surface area contributed by atoms with Gasteiger partial charge >= 0.3 is 0 Å². The van der Waals surface area contributed by atoms with Crippen LogP contribution in [0.1, 0.15) is 6.92 Å². The van der Waals surface area contributed by atoms with Crippen LogP contribution in [0.25, 0.3) is 0 Å². The van der Waals surface area contributed by atoms with Gasteiger partial charge in [-0.15, -0.1) is 0 Å². The van der Waals surface area contributed by atoms with E-state index in [1.54, 1.807) is 0 Å². The maximum absolute atomic E-state index is 9.56. The van der Waals surface area contributed by atoms with E-state index in [1.165, 1.54) is 6.92 Å². The Morgan fingerprint density at radius 3 is 2.38 bits per heavy atom. The van der Waals surface area contributed by atoms with Gasteiger partial charge in [-0.25, -0.2) is 0 Å². The summed E-state index contributed by atoms with van der Waals surface area (Å²) in [7, 11) is 0. The molecular formula is C7H16N2O4. The van der Waals surface area contributed by atoms with E-state index in [9.17, 15) is 15.3 Å². The number of hydrogen-bond donors (Lipinski definition) is 5. The normalized spacial score (nSPS) is 52.2. The minimum Gasteiger partial charge on any atom is -0.388 e. The van der Waals surface area contributed by atoms with Gasteiger partial charge in [0, 0.05) is 6.54 Å². The smallest absolute Gasteiger partial charge is 0.181 e. The van der Waals surface area contributed by atoms with Gasteiger partial charge in [-0.1, -0.05) is 0 Å². The number of rotatable bonds is 1. The first kappa shape index (κ1) is 10.8. The highest BCUT2D eigenvalue weighted by Gasteiger charge is 2.48. The van der Waals surface area contributed by atoms with Gasteiger partial charge in [0.2, 0.25) is 0 Å². The summed E-state index contributed by atoms with van der Waals surface area (Å²) in [5.74, 6) is -1.65. The maximum Gasteiger partial charge on any atom is 0.181 e. The summed E-state index contributed by atoms with van der Waals surface area (Å²) in [5.41, 5.74) is 10.7. The molecule has 0 aromatic rings. The van der Waals surface area contributed by atoms with Crippen molar-refractivity contribution < 1.29 is 20.1 Å². The van der Waals surface area contributed by atoms with E-state index in [1.807, 2.05) is 0 Å². The van der Waals surface area contributed by atoms with Crippen LogP contribution in [0.3, 0.4) is 0 Å². The van der Waals surface area contributed by atoms with Crippen LogP contribution in [0.4, 0.5) is 0 Å². The monoisotopic (exact) mass is 192 g/mol. The van der Waals surface area contributed by atoms with Crippen LogP contribution >= 0.6 is 0 Å². The molecule has 1 rings (SSSR count). The summed E-state index contributed by atoms with van der Waals surface area (Å²) in [4.78, 5) is 0. The van der Waals surface area contributed by atoms with Crippen molar-refractivity contribution in [1.82, 2.24) is 0 Å². The van der Waals surface area contributed by atoms with E-state index < -0.39 is 30.1 Å². The molecule has 0 spiro atoms. The summed E-state index contributed by atoms with van der Waals surface area (Å²) in [6.07, 6.45) is -3.16. The van der Waals surface area contributed by atoms with Gasteiger partial charge in [0.05, 0.1) is 6.04 Å². The fourth-order valence-electron chi connectivity index (χ4n) is 1.39. The Kier molecular flexibility index (Phi) is 2.91. The van der Waals surface area contributed by atoms with Gasteiger partial charge in [0.15, 0.2) is 5.79 Å². The summed E-state index contributed by atoms with van der Waals surface area (Å²) < 4.78 is 5.01. The van der Waals surface area contributed by atoms with Gasteiger partial charge in [0.1, 0.15) is 18.3 Å². The number of hydrogen-bond acceptors (Lipinski definition) is 6. The standard InChI is InChI=1S/C7H16N2O4/c1-7(12)6(9)5(11)4(10)3(2-8)13-7/h3-6,10-12H,2,8-9H2,1H3/t3-,4-,5+,6-,7-/m1/s1. The van der Waals surface area contributed by atoms with Crippen LogP contribution in [0.5, 0.6) is 0 Å². The van der Waals surface area contributed by atoms with Crippen molar-refractivity contribution >= 4 is 0 Å². The number of aliphatic hydroxyl groups excluding tert-OH is 2. The highest BCUT2D eigenvalue weighted by molar-refractivity contribution is 4.96. The average Bonchev–Trinajstić information content (AvgIpc) is 2.08. The summed E-state index contributed by atoms with van der Waals surface area (Å²) in [6, 6.07) is -1.04. The lowest BCUT2D eigenvalue weighted by Crippen LogP contribution is -2.67. The van der Waals surface area contributed by atoms with E-state index >= 15 is 0 Å². The van der Waals surface area contributed by atoms with Gasteiger partial charge < -0.3 is 31.5 Å². The first-order chi connectivity index (χ1) is 5.90. The molecule has 0 radical (unpaired) electrons. The molecule has 78 valence electrons. The van der Waals surface area contributed by atoms with E-state index in [0.717, 1.165) is 0 Å². The molecule has 1 aliphatic rings. The largest absolute Gasteiger partial charge is 0.388 e. The van der Waals surface area contributed by atoms with Crippen molar-refractivity contribution in [3.8, 4) is 0 Å². The zero-order valence-corrected chi connectivity index (χ0v) is 7.42. The lowest BCUT2D eigenvalue weighted by atomic mass is 9.92. The molecule has 7 N–H and O–H groups in total. The molecule has 0 unspecified atom stereocenters. The van der Waals surface area contributed by atoms with Crippen molar-refractivity contribution in [3.63, 3.8) is 0 Å². The molecule has 1 saturated heterocycles. The lowest BCUT2D eigenvalue weighted by molar-refractivity contribution is -0.298. The second-order valence-electron chi connectivity index (χ2n) is 3.45. The average molecular weight is 192 g/mol. The molecule has 1 heterocycles. The van der Waals surface area contributed by atoms with E-state index in [4.69, 9.17) is 16.2 Å². The lowest BCUT2D eigenvalue weighted by Gasteiger charge is -2.44. The number of nitrogens with two attached hydrogens (primary N) is 2. The Hall–Kier alpha value is -0.240. The molecule has 0 amide bonds. The highest BCUT2D eigenvalue weighted by Crippen LogP contribution is 2.25. The van der Waals surface area contributed by atoms with Crippen molar-refractivity contribution in [2.45, 2.75) is 37.1 Å². The molecule has 0 bridgehead atoms. The summed E-state index contributed by atoms with van der Waals surface area (Å²) >= 11 is 0. The molecule has 6 heteroatoms. The van der Waals surface area contributed by atoms with Gasteiger partial charge in [-0.05, 0) is 6.92 Å². The molecule has 0 aliphatic carbocycles. The van der Waals surface area contributed by atoms with Crippen LogP contribution in [-0.2, 0) is 4.74 Å². The Balaban J connectivity index is 2.79. The molecule has 13 heavy (non-hydrogen) atoms. The predicted molar refractivity (Wildman–Crippen MR) is 44.5 cm³/mol. The van der Waals surface area contributed by atoms with Gasteiger partial charge in [0.25, 0.3) is 0 Å². The van der Waals surface area contributed by atoms with Crippen LogP contribution < -0.4 is 11.5 Å². The first-order valence-electron chi connectivity index (χ1n) is 4.12. The fraction of sp³-hybridized carbons (Fsp3) is 1.00. The van der Waals surface area contributed by atoms with Gasteiger partial charge in [-0.2, -0.15) is 0 Å². The molecular weight excluding hydrogens is 176 g/mol. The van der Waals surface area contributed by atoms with Crippen molar-refractivity contribution in [2.75, 3.05) is 6.54 Å². The maximum atomic E-state index is 9.56. The van der Waals surface area contributed by atoms with Crippen LogP contribution in [0.2, 0.25) is 0 Å². The van der Waals surface area contributed by atoms with Gasteiger partial charge in [-0.3, -0.25) is 0 Å². The summed E-state index contributed by atoms with van der Waals surface area (Å²) in [6.45, 7) is 1.34. The topological polar surface area (TPSA) is 122 Å². The van der Waals surface area contributed by atoms with Crippen molar-refractivity contribution in [1.29, 1.82) is 0 Å². The van der Waals surface area contributed by atoms with Crippen molar-refractivity contribution in [2.24, 2.45) is 11.5 Å². The predicted octanol–water partition coefficient (Wildman–Crippen LogP) is -2.90. The molecule has 0 aromatic heterocycles. The second kappa shape index (κ2) is 3.49. The highest BCUT2D eigenvalue weighted by atomic mass is 16.6. The summed E-state index contributed by atoms with van der Waals surface area (Å²) in [5, 5.41) is 28.4.